The standard InChI is InChI=1S/C8H13NO2S/c1-8(9,5-11)6-2-3-12-7(6)4-10/h2-3,10-11H,4-5,9H2,1H3. The molecule has 0 saturated carbocycles. The quantitative estimate of drug-likeness (QED) is 0.642. The van der Waals surface area contributed by atoms with Gasteiger partial charge in [-0.15, -0.1) is 11.3 Å². The van der Waals surface area contributed by atoms with Gasteiger partial charge in [0, 0.05) is 4.88 Å². The molecule has 0 fully saturated rings. The first-order chi connectivity index (χ1) is 5.61. The Bertz CT molecular complexity index is 257. The van der Waals surface area contributed by atoms with Crippen molar-refractivity contribution in [2.24, 2.45) is 5.73 Å². The van der Waals surface area contributed by atoms with Crippen molar-refractivity contribution in [1.29, 1.82) is 0 Å². The van der Waals surface area contributed by atoms with Crippen molar-refractivity contribution < 1.29 is 10.2 Å². The number of nitrogens with two attached hydrogens (primary N) is 1. The Labute approximate surface area is 75.5 Å². The van der Waals surface area contributed by atoms with Crippen LogP contribution in [0.15, 0.2) is 11.4 Å². The summed E-state index contributed by atoms with van der Waals surface area (Å²) in [4.78, 5) is 0.828. The molecular weight excluding hydrogens is 174 g/mol. The van der Waals surface area contributed by atoms with Crippen LogP contribution in [0.25, 0.3) is 0 Å². The van der Waals surface area contributed by atoms with E-state index in [0.717, 1.165) is 10.4 Å². The minimum atomic E-state index is -0.738. The van der Waals surface area contributed by atoms with Gasteiger partial charge in [-0.3, -0.25) is 0 Å². The van der Waals surface area contributed by atoms with Gasteiger partial charge in [0.1, 0.15) is 0 Å². The van der Waals surface area contributed by atoms with Crippen LogP contribution in [0.5, 0.6) is 0 Å². The second kappa shape index (κ2) is 3.53. The van der Waals surface area contributed by atoms with Crippen LogP contribution >= 0.6 is 11.3 Å². The molecule has 1 atom stereocenters. The zero-order chi connectivity index (χ0) is 9.19. The molecule has 0 aliphatic rings. The highest BCUT2D eigenvalue weighted by Gasteiger charge is 2.23. The molecule has 0 aliphatic carbocycles. The Kier molecular flexibility index (Phi) is 2.85. The Balaban J connectivity index is 3.00. The van der Waals surface area contributed by atoms with Gasteiger partial charge in [0.25, 0.3) is 0 Å². The summed E-state index contributed by atoms with van der Waals surface area (Å²) in [5.74, 6) is 0. The molecule has 4 N–H and O–H groups in total. The minimum Gasteiger partial charge on any atom is -0.394 e. The Hall–Kier alpha value is -0.420. The van der Waals surface area contributed by atoms with E-state index < -0.39 is 5.54 Å². The first-order valence-corrected chi connectivity index (χ1v) is 4.57. The molecule has 0 amide bonds. The van der Waals surface area contributed by atoms with Gasteiger partial charge in [0.05, 0.1) is 18.8 Å². The van der Waals surface area contributed by atoms with Gasteiger partial charge >= 0.3 is 0 Å². The lowest BCUT2D eigenvalue weighted by Crippen LogP contribution is -2.37. The van der Waals surface area contributed by atoms with Gasteiger partial charge < -0.3 is 15.9 Å². The van der Waals surface area contributed by atoms with Crippen molar-refractivity contribution >= 4 is 11.3 Å². The fourth-order valence-corrected chi connectivity index (χ4v) is 1.93. The third kappa shape index (κ3) is 1.67. The van der Waals surface area contributed by atoms with E-state index in [1.807, 2.05) is 11.4 Å². The zero-order valence-electron chi connectivity index (χ0n) is 6.95. The lowest BCUT2D eigenvalue weighted by molar-refractivity contribution is 0.206. The van der Waals surface area contributed by atoms with E-state index in [1.54, 1.807) is 6.92 Å². The second-order valence-electron chi connectivity index (χ2n) is 2.99. The smallest absolute Gasteiger partial charge is 0.0777 e. The molecule has 1 rings (SSSR count). The van der Waals surface area contributed by atoms with Crippen molar-refractivity contribution in [1.82, 2.24) is 0 Å². The molecule has 0 saturated heterocycles. The van der Waals surface area contributed by atoms with E-state index in [4.69, 9.17) is 15.9 Å². The van der Waals surface area contributed by atoms with Gasteiger partial charge in [0.2, 0.25) is 0 Å². The molecule has 1 aromatic rings. The molecule has 0 radical (unpaired) electrons. The van der Waals surface area contributed by atoms with E-state index in [0.29, 0.717) is 0 Å². The maximum atomic E-state index is 8.98. The van der Waals surface area contributed by atoms with E-state index in [-0.39, 0.29) is 13.2 Å². The molecule has 0 bridgehead atoms. The number of thiophene rings is 1. The fourth-order valence-electron chi connectivity index (χ4n) is 1.06. The Morgan fingerprint density at radius 1 is 1.58 bits per heavy atom. The highest BCUT2D eigenvalue weighted by atomic mass is 32.1. The maximum Gasteiger partial charge on any atom is 0.0777 e. The van der Waals surface area contributed by atoms with E-state index in [1.165, 1.54) is 11.3 Å². The van der Waals surface area contributed by atoms with Gasteiger partial charge in [-0.2, -0.15) is 0 Å². The van der Waals surface area contributed by atoms with Crippen LogP contribution in [0, 0.1) is 0 Å². The van der Waals surface area contributed by atoms with Crippen molar-refractivity contribution in [3.63, 3.8) is 0 Å². The predicted octanol–water partition coefficient (Wildman–Crippen LogP) is 0.407. The average Bonchev–Trinajstić information content (AvgIpc) is 2.52. The first kappa shape index (κ1) is 9.67. The van der Waals surface area contributed by atoms with Gasteiger partial charge in [-0.1, -0.05) is 0 Å². The SMILES string of the molecule is CC(N)(CO)c1ccsc1CO. The number of aliphatic hydroxyl groups excluding tert-OH is 2. The lowest BCUT2D eigenvalue weighted by atomic mass is 9.95. The summed E-state index contributed by atoms with van der Waals surface area (Å²) in [6, 6.07) is 1.84. The predicted molar refractivity (Wildman–Crippen MR) is 48.9 cm³/mol. The molecule has 0 aliphatic heterocycles. The fraction of sp³-hybridized carbons (Fsp3) is 0.500. The lowest BCUT2D eigenvalue weighted by Gasteiger charge is -2.21. The van der Waals surface area contributed by atoms with E-state index >= 15 is 0 Å². The normalized spacial score (nSPS) is 16.0. The van der Waals surface area contributed by atoms with Crippen LogP contribution in [0.4, 0.5) is 0 Å². The maximum absolute atomic E-state index is 8.98. The molecule has 12 heavy (non-hydrogen) atoms. The third-order valence-corrected chi connectivity index (χ3v) is 2.74. The zero-order valence-corrected chi connectivity index (χ0v) is 7.77. The number of rotatable bonds is 3. The van der Waals surface area contributed by atoms with Gasteiger partial charge in [-0.25, -0.2) is 0 Å². The average molecular weight is 187 g/mol. The topological polar surface area (TPSA) is 66.5 Å². The minimum absolute atomic E-state index is 0.0141. The first-order valence-electron chi connectivity index (χ1n) is 3.69. The largest absolute Gasteiger partial charge is 0.394 e. The third-order valence-electron chi connectivity index (χ3n) is 1.83. The Morgan fingerprint density at radius 2 is 2.25 bits per heavy atom. The molecule has 68 valence electrons. The van der Waals surface area contributed by atoms with E-state index in [2.05, 4.69) is 0 Å². The summed E-state index contributed by atoms with van der Waals surface area (Å²) in [6.07, 6.45) is 0. The molecular formula is C8H13NO2S. The van der Waals surface area contributed by atoms with Crippen molar-refractivity contribution in [3.8, 4) is 0 Å². The van der Waals surface area contributed by atoms with E-state index in [9.17, 15) is 0 Å². The summed E-state index contributed by atoms with van der Waals surface area (Å²) < 4.78 is 0. The number of aliphatic hydroxyl groups is 2. The van der Waals surface area contributed by atoms with Crippen LogP contribution < -0.4 is 5.73 Å². The summed E-state index contributed by atoms with van der Waals surface area (Å²) in [5.41, 5.74) is 5.90. The summed E-state index contributed by atoms with van der Waals surface area (Å²) in [6.45, 7) is 1.62. The molecule has 4 heteroatoms. The number of hydrogen-bond acceptors (Lipinski definition) is 4. The summed E-state index contributed by atoms with van der Waals surface area (Å²) >= 11 is 1.45. The highest BCUT2D eigenvalue weighted by molar-refractivity contribution is 7.10. The molecule has 1 heterocycles. The van der Waals surface area contributed by atoms with Crippen LogP contribution in [-0.4, -0.2) is 16.8 Å². The Morgan fingerprint density at radius 3 is 2.75 bits per heavy atom. The second-order valence-corrected chi connectivity index (χ2v) is 3.99. The molecule has 1 aromatic heterocycles. The van der Waals surface area contributed by atoms with Crippen LogP contribution in [0.2, 0.25) is 0 Å². The van der Waals surface area contributed by atoms with Crippen LogP contribution in [-0.2, 0) is 12.1 Å². The summed E-state index contributed by atoms with van der Waals surface area (Å²) in [7, 11) is 0. The van der Waals surface area contributed by atoms with Crippen LogP contribution in [0.1, 0.15) is 17.4 Å². The van der Waals surface area contributed by atoms with Gasteiger partial charge in [0.15, 0.2) is 0 Å². The van der Waals surface area contributed by atoms with Crippen molar-refractivity contribution in [2.45, 2.75) is 19.1 Å². The van der Waals surface area contributed by atoms with Crippen LogP contribution in [0.3, 0.4) is 0 Å². The summed E-state index contributed by atoms with van der Waals surface area (Å²) in [5, 5.41) is 19.8. The van der Waals surface area contributed by atoms with Gasteiger partial charge in [-0.05, 0) is 23.9 Å². The molecule has 3 nitrogen and oxygen atoms in total. The molecule has 1 unspecified atom stereocenters. The van der Waals surface area contributed by atoms with Crippen molar-refractivity contribution in [3.05, 3.63) is 21.9 Å². The monoisotopic (exact) mass is 187 g/mol. The molecule has 0 spiro atoms. The highest BCUT2D eigenvalue weighted by Crippen LogP contribution is 2.25. The number of hydrogen-bond donors (Lipinski definition) is 3. The van der Waals surface area contributed by atoms with Crippen molar-refractivity contribution in [2.75, 3.05) is 6.61 Å². The molecule has 0 aromatic carbocycles.